The van der Waals surface area contributed by atoms with Crippen LogP contribution < -0.4 is 8.92 Å². The molecule has 0 fully saturated rings. The first kappa shape index (κ1) is 19.5. The summed E-state index contributed by atoms with van der Waals surface area (Å²) in [5, 5.41) is 0.843. The Bertz CT molecular complexity index is 1250. The zero-order valence-corrected chi connectivity index (χ0v) is 17.0. The van der Waals surface area contributed by atoms with Crippen LogP contribution >= 0.6 is 23.2 Å². The molecular weight excluding hydrogens is 435 g/mol. The van der Waals surface area contributed by atoms with Crippen LogP contribution in [0, 0.1) is 0 Å². The zero-order chi connectivity index (χ0) is 20.6. The molecule has 0 amide bonds. The fraction of sp³-hybridized carbons (Fsp3) is 0. The fourth-order valence-corrected chi connectivity index (χ4v) is 4.15. The second-order valence-electron chi connectivity index (χ2n) is 6.11. The topological polar surface area (TPSA) is 69.7 Å². The Balaban J connectivity index is 1.61. The number of ether oxygens (including phenoxy) is 1. The molecule has 0 unspecified atom stereocenters. The average molecular weight is 447 g/mol. The Morgan fingerprint density at radius 1 is 0.931 bits per heavy atom. The van der Waals surface area contributed by atoms with Gasteiger partial charge < -0.3 is 8.92 Å². The molecule has 1 aliphatic heterocycles. The molecule has 0 saturated heterocycles. The lowest BCUT2D eigenvalue weighted by Gasteiger charge is -2.07. The first-order valence-electron chi connectivity index (χ1n) is 8.36. The van der Waals surface area contributed by atoms with Crippen LogP contribution in [0.3, 0.4) is 0 Å². The minimum Gasteiger partial charge on any atom is -0.452 e. The largest absolute Gasteiger partial charge is 0.452 e. The van der Waals surface area contributed by atoms with Crippen molar-refractivity contribution in [1.82, 2.24) is 0 Å². The van der Waals surface area contributed by atoms with Crippen molar-refractivity contribution in [1.29, 1.82) is 0 Å². The summed E-state index contributed by atoms with van der Waals surface area (Å²) in [6.07, 6.45) is 1.50. The fourth-order valence-electron chi connectivity index (χ4n) is 2.74. The van der Waals surface area contributed by atoms with Crippen molar-refractivity contribution in [3.63, 3.8) is 0 Å². The van der Waals surface area contributed by atoms with Gasteiger partial charge in [0.15, 0.2) is 5.76 Å². The molecule has 0 radical (unpaired) electrons. The molecule has 146 valence electrons. The molecule has 1 heterocycles. The Kier molecular flexibility index (Phi) is 5.08. The highest BCUT2D eigenvalue weighted by Crippen LogP contribution is 2.36. The molecule has 0 aromatic heterocycles. The van der Waals surface area contributed by atoms with Crippen LogP contribution in [0.4, 0.5) is 0 Å². The van der Waals surface area contributed by atoms with Crippen molar-refractivity contribution in [3.05, 3.63) is 93.7 Å². The van der Waals surface area contributed by atoms with Gasteiger partial charge in [0.05, 0.1) is 5.56 Å². The molecule has 1 aliphatic rings. The molecule has 5 nitrogen and oxygen atoms in total. The maximum Gasteiger partial charge on any atom is 0.339 e. The number of benzene rings is 3. The normalized spacial score (nSPS) is 14.6. The number of allylic oxidation sites excluding steroid dienone is 1. The standard InChI is InChI=1S/C21H12Cl2O5S/c22-14-7-6-13(18(23)11-14)10-20-21(24)17-9-8-15(12-19(17)27-20)28-29(25,26)16-4-2-1-3-5-16/h1-12H. The average Bonchev–Trinajstić information content (AvgIpc) is 2.99. The van der Waals surface area contributed by atoms with E-state index in [0.29, 0.717) is 21.2 Å². The molecule has 0 bridgehead atoms. The van der Waals surface area contributed by atoms with E-state index >= 15 is 0 Å². The summed E-state index contributed by atoms with van der Waals surface area (Å²) < 4.78 is 35.5. The number of fused-ring (bicyclic) bond motifs is 1. The van der Waals surface area contributed by atoms with Crippen LogP contribution in [0.25, 0.3) is 6.08 Å². The Morgan fingerprint density at radius 3 is 2.41 bits per heavy atom. The number of carbonyl (C=O) groups excluding carboxylic acids is 1. The van der Waals surface area contributed by atoms with Gasteiger partial charge in [-0.2, -0.15) is 8.42 Å². The first-order valence-corrected chi connectivity index (χ1v) is 10.5. The molecule has 0 atom stereocenters. The summed E-state index contributed by atoms with van der Waals surface area (Å²) in [5.74, 6) is -0.0472. The summed E-state index contributed by atoms with van der Waals surface area (Å²) in [6, 6.07) is 16.8. The van der Waals surface area contributed by atoms with Crippen LogP contribution in [0.1, 0.15) is 15.9 Å². The van der Waals surface area contributed by atoms with E-state index in [1.54, 1.807) is 36.4 Å². The minimum atomic E-state index is -4.00. The number of Topliss-reactive ketones (excluding diaryl/α,β-unsaturated/α-hetero) is 1. The van der Waals surface area contributed by atoms with Crippen molar-refractivity contribution in [2.75, 3.05) is 0 Å². The second kappa shape index (κ2) is 7.55. The van der Waals surface area contributed by atoms with Gasteiger partial charge in [-0.1, -0.05) is 47.5 Å². The molecule has 0 N–H and O–H groups in total. The molecular formula is C21H12Cl2O5S. The first-order chi connectivity index (χ1) is 13.8. The lowest BCUT2D eigenvalue weighted by molar-refractivity contribution is 0.101. The van der Waals surface area contributed by atoms with E-state index in [2.05, 4.69) is 0 Å². The molecule has 4 rings (SSSR count). The van der Waals surface area contributed by atoms with Crippen LogP contribution in [-0.2, 0) is 10.1 Å². The van der Waals surface area contributed by atoms with Gasteiger partial charge in [0.1, 0.15) is 16.4 Å². The molecule has 3 aromatic rings. The van der Waals surface area contributed by atoms with Crippen molar-refractivity contribution < 1.29 is 22.1 Å². The van der Waals surface area contributed by atoms with Gasteiger partial charge in [0, 0.05) is 16.1 Å². The second-order valence-corrected chi connectivity index (χ2v) is 8.50. The molecule has 8 heteroatoms. The molecule has 0 spiro atoms. The zero-order valence-electron chi connectivity index (χ0n) is 14.6. The lowest BCUT2D eigenvalue weighted by atomic mass is 10.1. The molecule has 0 aliphatic carbocycles. The van der Waals surface area contributed by atoms with Crippen LogP contribution in [0.15, 0.2) is 77.4 Å². The van der Waals surface area contributed by atoms with Gasteiger partial charge >= 0.3 is 10.1 Å². The monoisotopic (exact) mass is 446 g/mol. The van der Waals surface area contributed by atoms with E-state index < -0.39 is 10.1 Å². The number of hydrogen-bond acceptors (Lipinski definition) is 5. The smallest absolute Gasteiger partial charge is 0.339 e. The van der Waals surface area contributed by atoms with Crippen LogP contribution in [0.5, 0.6) is 11.5 Å². The number of ketones is 1. The summed E-state index contributed by atoms with van der Waals surface area (Å²) in [5.41, 5.74) is 0.862. The van der Waals surface area contributed by atoms with Gasteiger partial charge in [-0.15, -0.1) is 0 Å². The van der Waals surface area contributed by atoms with Crippen molar-refractivity contribution in [2.45, 2.75) is 4.90 Å². The number of carbonyl (C=O) groups is 1. The van der Waals surface area contributed by atoms with Gasteiger partial charge in [-0.3, -0.25) is 4.79 Å². The van der Waals surface area contributed by atoms with Gasteiger partial charge in [-0.25, -0.2) is 0 Å². The van der Waals surface area contributed by atoms with Crippen molar-refractivity contribution in [3.8, 4) is 11.5 Å². The highest BCUT2D eigenvalue weighted by atomic mass is 35.5. The van der Waals surface area contributed by atoms with E-state index in [9.17, 15) is 13.2 Å². The summed E-state index contributed by atoms with van der Waals surface area (Å²) in [6.45, 7) is 0. The maximum atomic E-state index is 12.6. The van der Waals surface area contributed by atoms with E-state index in [0.717, 1.165) is 0 Å². The SMILES string of the molecule is O=C1C(=Cc2ccc(Cl)cc2Cl)Oc2cc(OS(=O)(=O)c3ccccc3)ccc21. The molecule has 0 saturated carbocycles. The Morgan fingerprint density at radius 2 is 1.69 bits per heavy atom. The van der Waals surface area contributed by atoms with Crippen molar-refractivity contribution >= 4 is 45.2 Å². The van der Waals surface area contributed by atoms with Crippen LogP contribution in [-0.4, -0.2) is 14.2 Å². The third kappa shape index (κ3) is 4.00. The highest BCUT2D eigenvalue weighted by Gasteiger charge is 2.29. The molecule has 29 heavy (non-hydrogen) atoms. The van der Waals surface area contributed by atoms with Crippen LogP contribution in [0.2, 0.25) is 10.0 Å². The predicted octanol–water partition coefficient (Wildman–Crippen LogP) is 5.38. The Labute approximate surface area is 177 Å². The summed E-state index contributed by atoms with van der Waals surface area (Å²) >= 11 is 12.0. The van der Waals surface area contributed by atoms with Crippen molar-refractivity contribution in [2.24, 2.45) is 0 Å². The lowest BCUT2D eigenvalue weighted by Crippen LogP contribution is -2.09. The third-order valence-electron chi connectivity index (χ3n) is 4.13. The predicted molar refractivity (Wildman–Crippen MR) is 110 cm³/mol. The Hall–Kier alpha value is -2.80. The summed E-state index contributed by atoms with van der Waals surface area (Å²) in [4.78, 5) is 12.6. The maximum absolute atomic E-state index is 12.6. The quantitative estimate of drug-likeness (QED) is 0.397. The van der Waals surface area contributed by atoms with Gasteiger partial charge in [-0.05, 0) is 48.0 Å². The summed E-state index contributed by atoms with van der Waals surface area (Å²) in [7, 11) is -4.00. The van der Waals surface area contributed by atoms with Gasteiger partial charge in [0.2, 0.25) is 5.78 Å². The van der Waals surface area contributed by atoms with E-state index in [1.807, 2.05) is 0 Å². The van der Waals surface area contributed by atoms with Gasteiger partial charge in [0.25, 0.3) is 0 Å². The molecule has 3 aromatic carbocycles. The van der Waals surface area contributed by atoms with E-state index in [1.165, 1.54) is 36.4 Å². The number of halogens is 2. The minimum absolute atomic E-state index is 0.0236. The number of hydrogen-bond donors (Lipinski definition) is 0. The third-order valence-corrected chi connectivity index (χ3v) is 5.95. The number of rotatable bonds is 4. The van der Waals surface area contributed by atoms with E-state index in [-0.39, 0.29) is 27.9 Å². The van der Waals surface area contributed by atoms with E-state index in [4.69, 9.17) is 32.1 Å². The highest BCUT2D eigenvalue weighted by molar-refractivity contribution is 7.87.